The van der Waals surface area contributed by atoms with Gasteiger partial charge in [0.2, 0.25) is 5.95 Å². The molecule has 0 spiro atoms. The van der Waals surface area contributed by atoms with E-state index in [-0.39, 0.29) is 11.8 Å². The maximum absolute atomic E-state index is 12.4. The molecule has 148 valence electrons. The fraction of sp³-hybridized carbons (Fsp3) is 0.300. The van der Waals surface area contributed by atoms with E-state index in [4.69, 9.17) is 16.0 Å². The number of nitrogens with zero attached hydrogens (tertiary/aromatic N) is 6. The van der Waals surface area contributed by atoms with Crippen LogP contribution in [0.4, 0.5) is 5.95 Å². The lowest BCUT2D eigenvalue weighted by atomic mass is 10.1. The quantitative estimate of drug-likeness (QED) is 0.515. The molecule has 0 amide bonds. The van der Waals surface area contributed by atoms with Crippen LogP contribution in [0.25, 0.3) is 16.9 Å². The zero-order chi connectivity index (χ0) is 20.0. The molecule has 1 aliphatic rings. The van der Waals surface area contributed by atoms with E-state index >= 15 is 0 Å². The number of hydrogen-bond donors (Lipinski definition) is 0. The summed E-state index contributed by atoms with van der Waals surface area (Å²) in [5.74, 6) is 1.26. The molecule has 1 aliphatic heterocycles. The molecule has 0 bridgehead atoms. The summed E-state index contributed by atoms with van der Waals surface area (Å²) in [5.41, 5.74) is 2.10. The van der Waals surface area contributed by atoms with E-state index in [2.05, 4.69) is 20.1 Å². The van der Waals surface area contributed by atoms with Gasteiger partial charge in [0.25, 0.3) is 0 Å². The molecule has 0 saturated carbocycles. The molecular weight excluding hydrogens is 392 g/mol. The molecular formula is C20H19ClN6O2. The number of oxazole rings is 1. The minimum absolute atomic E-state index is 0.0444. The van der Waals surface area contributed by atoms with Gasteiger partial charge in [0.1, 0.15) is 5.82 Å². The Morgan fingerprint density at radius 1 is 1.10 bits per heavy atom. The third-order valence-corrected chi connectivity index (χ3v) is 5.63. The van der Waals surface area contributed by atoms with Gasteiger partial charge >= 0.3 is 5.76 Å². The number of fused-ring (bicyclic) bond motifs is 1. The van der Waals surface area contributed by atoms with Crippen molar-refractivity contribution >= 4 is 28.8 Å². The SMILES string of the molecule is Cc1nnc(N2CCC(n3c(=O)oc4cccnc43)CC2)n1-c1ccc(Cl)cc1. The number of aryl methyl sites for hydroxylation is 1. The van der Waals surface area contributed by atoms with Crippen molar-refractivity contribution in [1.82, 2.24) is 24.3 Å². The highest BCUT2D eigenvalue weighted by Crippen LogP contribution is 2.29. The van der Waals surface area contributed by atoms with Gasteiger partial charge in [-0.1, -0.05) is 11.6 Å². The van der Waals surface area contributed by atoms with Crippen molar-refractivity contribution in [2.24, 2.45) is 0 Å². The summed E-state index contributed by atoms with van der Waals surface area (Å²) in [4.78, 5) is 18.9. The van der Waals surface area contributed by atoms with E-state index in [1.165, 1.54) is 0 Å². The van der Waals surface area contributed by atoms with Crippen LogP contribution >= 0.6 is 11.6 Å². The van der Waals surface area contributed by atoms with Crippen LogP contribution in [-0.2, 0) is 0 Å². The third-order valence-electron chi connectivity index (χ3n) is 5.38. The number of benzene rings is 1. The van der Waals surface area contributed by atoms with Gasteiger partial charge in [-0.2, -0.15) is 0 Å². The number of halogens is 1. The molecule has 9 heteroatoms. The van der Waals surface area contributed by atoms with Gasteiger partial charge in [-0.3, -0.25) is 9.13 Å². The highest BCUT2D eigenvalue weighted by molar-refractivity contribution is 6.30. The number of aromatic nitrogens is 5. The monoisotopic (exact) mass is 410 g/mol. The molecule has 5 rings (SSSR count). The van der Waals surface area contributed by atoms with Crippen molar-refractivity contribution in [3.63, 3.8) is 0 Å². The number of anilines is 1. The van der Waals surface area contributed by atoms with Gasteiger partial charge in [0.05, 0.1) is 5.69 Å². The first-order valence-electron chi connectivity index (χ1n) is 9.51. The van der Waals surface area contributed by atoms with Crippen molar-refractivity contribution in [2.75, 3.05) is 18.0 Å². The van der Waals surface area contributed by atoms with Gasteiger partial charge in [0, 0.05) is 30.4 Å². The second-order valence-electron chi connectivity index (χ2n) is 7.14. The maximum Gasteiger partial charge on any atom is 0.421 e. The largest absolute Gasteiger partial charge is 0.421 e. The van der Waals surface area contributed by atoms with E-state index in [9.17, 15) is 4.79 Å². The Morgan fingerprint density at radius 3 is 2.62 bits per heavy atom. The van der Waals surface area contributed by atoms with E-state index < -0.39 is 0 Å². The first-order valence-corrected chi connectivity index (χ1v) is 9.88. The molecule has 4 aromatic rings. The Kier molecular flexibility index (Phi) is 4.35. The molecule has 0 radical (unpaired) electrons. The first-order chi connectivity index (χ1) is 14.1. The van der Waals surface area contributed by atoms with Crippen LogP contribution in [-0.4, -0.2) is 37.4 Å². The molecule has 4 heterocycles. The predicted octanol–water partition coefficient (Wildman–Crippen LogP) is 3.37. The van der Waals surface area contributed by atoms with Crippen molar-refractivity contribution in [3.05, 3.63) is 64.0 Å². The summed E-state index contributed by atoms with van der Waals surface area (Å²) in [6.07, 6.45) is 3.26. The molecule has 0 aliphatic carbocycles. The topological polar surface area (TPSA) is 82.0 Å². The molecule has 0 atom stereocenters. The molecule has 0 unspecified atom stereocenters. The van der Waals surface area contributed by atoms with Crippen LogP contribution in [0.5, 0.6) is 0 Å². The number of hydrogen-bond acceptors (Lipinski definition) is 6. The van der Waals surface area contributed by atoms with Crippen molar-refractivity contribution < 1.29 is 4.42 Å². The minimum Gasteiger partial charge on any atom is -0.406 e. The Morgan fingerprint density at radius 2 is 1.86 bits per heavy atom. The summed E-state index contributed by atoms with van der Waals surface area (Å²) in [6, 6.07) is 11.2. The zero-order valence-electron chi connectivity index (χ0n) is 15.8. The zero-order valence-corrected chi connectivity index (χ0v) is 16.6. The summed E-state index contributed by atoms with van der Waals surface area (Å²) in [5, 5.41) is 9.36. The second kappa shape index (κ2) is 7.04. The van der Waals surface area contributed by atoms with Gasteiger partial charge < -0.3 is 9.32 Å². The molecule has 0 N–H and O–H groups in total. The molecule has 1 saturated heterocycles. The standard InChI is InChI=1S/C20H19ClN6O2/c1-13-23-24-19(26(13)15-6-4-14(21)5-7-15)25-11-8-16(9-12-25)27-18-17(29-20(27)28)3-2-10-22-18/h2-7,10,16H,8-9,11-12H2,1H3. The minimum atomic E-state index is -0.350. The lowest BCUT2D eigenvalue weighted by molar-refractivity contribution is 0.367. The lowest BCUT2D eigenvalue weighted by Crippen LogP contribution is -2.38. The highest BCUT2D eigenvalue weighted by Gasteiger charge is 2.28. The Balaban J connectivity index is 1.41. The fourth-order valence-corrected chi connectivity index (χ4v) is 4.09. The Hall–Kier alpha value is -3.13. The number of rotatable bonds is 3. The van der Waals surface area contributed by atoms with Crippen molar-refractivity contribution in [1.29, 1.82) is 0 Å². The van der Waals surface area contributed by atoms with Gasteiger partial charge in [-0.15, -0.1) is 10.2 Å². The highest BCUT2D eigenvalue weighted by atomic mass is 35.5. The average Bonchev–Trinajstić information content (AvgIpc) is 3.28. The maximum atomic E-state index is 12.4. The summed E-state index contributed by atoms with van der Waals surface area (Å²) < 4.78 is 9.06. The third kappa shape index (κ3) is 3.09. The van der Waals surface area contributed by atoms with Crippen LogP contribution in [0, 0.1) is 6.92 Å². The predicted molar refractivity (Wildman–Crippen MR) is 110 cm³/mol. The fourth-order valence-electron chi connectivity index (χ4n) is 3.97. The Bertz CT molecular complexity index is 1220. The molecule has 8 nitrogen and oxygen atoms in total. The molecule has 1 aromatic carbocycles. The van der Waals surface area contributed by atoms with Crippen LogP contribution in [0.1, 0.15) is 24.7 Å². The average molecular weight is 411 g/mol. The number of pyridine rings is 1. The summed E-state index contributed by atoms with van der Waals surface area (Å²) in [6.45, 7) is 3.44. The molecule has 1 fully saturated rings. The van der Waals surface area contributed by atoms with Crippen LogP contribution in [0.2, 0.25) is 5.02 Å². The number of piperidine rings is 1. The van der Waals surface area contributed by atoms with Gasteiger partial charge in [-0.25, -0.2) is 9.78 Å². The van der Waals surface area contributed by atoms with Crippen molar-refractivity contribution in [3.8, 4) is 5.69 Å². The lowest BCUT2D eigenvalue weighted by Gasteiger charge is -2.32. The normalized spacial score (nSPS) is 15.3. The van der Waals surface area contributed by atoms with E-state index in [1.807, 2.05) is 35.8 Å². The van der Waals surface area contributed by atoms with Gasteiger partial charge in [-0.05, 0) is 56.2 Å². The van der Waals surface area contributed by atoms with Crippen LogP contribution < -0.4 is 10.7 Å². The van der Waals surface area contributed by atoms with Gasteiger partial charge in [0.15, 0.2) is 11.2 Å². The summed E-state index contributed by atoms with van der Waals surface area (Å²) in [7, 11) is 0. The smallest absolute Gasteiger partial charge is 0.406 e. The molecule has 3 aromatic heterocycles. The summed E-state index contributed by atoms with van der Waals surface area (Å²) >= 11 is 6.03. The van der Waals surface area contributed by atoms with E-state index in [1.54, 1.807) is 22.9 Å². The van der Waals surface area contributed by atoms with Crippen LogP contribution in [0.15, 0.2) is 51.8 Å². The Labute approximate surface area is 171 Å². The van der Waals surface area contributed by atoms with Crippen molar-refractivity contribution in [2.45, 2.75) is 25.8 Å². The molecule has 29 heavy (non-hydrogen) atoms. The van der Waals surface area contributed by atoms with E-state index in [0.717, 1.165) is 43.4 Å². The second-order valence-corrected chi connectivity index (χ2v) is 7.58. The first kappa shape index (κ1) is 17.9. The van der Waals surface area contributed by atoms with E-state index in [0.29, 0.717) is 16.3 Å². The van der Waals surface area contributed by atoms with Crippen LogP contribution in [0.3, 0.4) is 0 Å².